The van der Waals surface area contributed by atoms with Crippen molar-refractivity contribution in [3.05, 3.63) is 32.7 Å². The fraction of sp³-hybridized carbons (Fsp3) is 0.682. The zero-order chi connectivity index (χ0) is 21.2. The van der Waals surface area contributed by atoms with E-state index in [0.717, 1.165) is 43.4 Å². The minimum Gasteiger partial charge on any atom is -0.480 e. The molecule has 6 nitrogen and oxygen atoms in total. The number of aliphatic carboxylic acids is 1. The maximum Gasteiger partial charge on any atom is 0.329 e. The first-order valence-electron chi connectivity index (χ1n) is 10.4. The van der Waals surface area contributed by atoms with Gasteiger partial charge in [-0.1, -0.05) is 40.0 Å². The van der Waals surface area contributed by atoms with Crippen LogP contribution in [0.2, 0.25) is 0 Å². The van der Waals surface area contributed by atoms with Gasteiger partial charge in [-0.2, -0.15) is 0 Å². The molecule has 0 bridgehead atoms. The van der Waals surface area contributed by atoms with Crippen molar-refractivity contribution in [2.24, 2.45) is 5.92 Å². The van der Waals surface area contributed by atoms with Crippen molar-refractivity contribution in [3.8, 4) is 0 Å². The van der Waals surface area contributed by atoms with Gasteiger partial charge in [-0.3, -0.25) is 9.59 Å². The van der Waals surface area contributed by atoms with Crippen LogP contribution in [0.25, 0.3) is 0 Å². The van der Waals surface area contributed by atoms with Gasteiger partial charge < -0.3 is 15.0 Å². The summed E-state index contributed by atoms with van der Waals surface area (Å²) in [4.78, 5) is 38.3. The van der Waals surface area contributed by atoms with E-state index in [1.807, 2.05) is 18.4 Å². The maximum atomic E-state index is 13.4. The molecule has 2 N–H and O–H groups in total. The summed E-state index contributed by atoms with van der Waals surface area (Å²) < 4.78 is 1.82. The summed E-state index contributed by atoms with van der Waals surface area (Å²) in [5.74, 6) is -2.04. The van der Waals surface area contributed by atoms with Gasteiger partial charge in [0, 0.05) is 11.7 Å². The quantitative estimate of drug-likeness (QED) is 0.774. The lowest BCUT2D eigenvalue weighted by Gasteiger charge is -2.32. The molecule has 1 amide bonds. The maximum absolute atomic E-state index is 13.4. The highest BCUT2D eigenvalue weighted by molar-refractivity contribution is 5.99. The molecule has 1 unspecified atom stereocenters. The van der Waals surface area contributed by atoms with E-state index in [-0.39, 0.29) is 23.1 Å². The predicted octanol–water partition coefficient (Wildman–Crippen LogP) is 3.76. The molecule has 28 heavy (non-hydrogen) atoms. The normalized spacial score (nSPS) is 17.4. The zero-order valence-electron chi connectivity index (χ0n) is 18.0. The third kappa shape index (κ3) is 3.87. The van der Waals surface area contributed by atoms with Crippen LogP contribution in [0, 0.1) is 19.8 Å². The van der Waals surface area contributed by atoms with Crippen LogP contribution >= 0.6 is 0 Å². The Labute approximate surface area is 167 Å². The van der Waals surface area contributed by atoms with Crippen LogP contribution in [0.4, 0.5) is 0 Å². The number of carbonyl (C=O) groups excluding carboxylic acids is 1. The van der Waals surface area contributed by atoms with Crippen LogP contribution in [-0.4, -0.2) is 27.1 Å². The van der Waals surface area contributed by atoms with Gasteiger partial charge in [0.15, 0.2) is 0 Å². The number of amides is 1. The SMILES string of the molecule is CCc1c(C)c(C)c(C(=O)NC(C)(C(=O)O)C(C)C)c(=O)n1C1CCCCC1. The molecule has 1 aromatic rings. The average molecular weight is 391 g/mol. The number of pyridine rings is 1. The van der Waals surface area contributed by atoms with Crippen molar-refractivity contribution < 1.29 is 14.7 Å². The lowest BCUT2D eigenvalue weighted by atomic mass is 9.87. The minimum absolute atomic E-state index is 0.0772. The molecule has 6 heteroatoms. The Bertz CT molecular complexity index is 819. The fourth-order valence-corrected chi connectivity index (χ4v) is 4.16. The average Bonchev–Trinajstić information content (AvgIpc) is 2.64. The van der Waals surface area contributed by atoms with Gasteiger partial charge in [0.05, 0.1) is 0 Å². The summed E-state index contributed by atoms with van der Waals surface area (Å²) in [5.41, 5.74) is 0.913. The minimum atomic E-state index is -1.44. The summed E-state index contributed by atoms with van der Waals surface area (Å²) in [6.07, 6.45) is 5.94. The number of nitrogens with zero attached hydrogens (tertiary/aromatic N) is 1. The zero-order valence-corrected chi connectivity index (χ0v) is 18.0. The summed E-state index contributed by atoms with van der Waals surface area (Å²) in [6.45, 7) is 10.7. The van der Waals surface area contributed by atoms with Gasteiger partial charge in [0.2, 0.25) is 0 Å². The van der Waals surface area contributed by atoms with E-state index < -0.39 is 17.4 Å². The van der Waals surface area contributed by atoms with E-state index in [9.17, 15) is 19.5 Å². The molecule has 0 radical (unpaired) electrons. The van der Waals surface area contributed by atoms with Crippen LogP contribution < -0.4 is 10.9 Å². The van der Waals surface area contributed by atoms with Crippen LogP contribution in [-0.2, 0) is 11.2 Å². The van der Waals surface area contributed by atoms with Gasteiger partial charge in [0.1, 0.15) is 11.1 Å². The molecule has 156 valence electrons. The number of nitrogens with one attached hydrogen (secondary N) is 1. The van der Waals surface area contributed by atoms with Crippen LogP contribution in [0.3, 0.4) is 0 Å². The molecule has 1 aliphatic carbocycles. The second kappa shape index (κ2) is 8.50. The van der Waals surface area contributed by atoms with E-state index in [1.54, 1.807) is 20.8 Å². The summed E-state index contributed by atoms with van der Waals surface area (Å²) in [5, 5.41) is 12.3. The van der Waals surface area contributed by atoms with Crippen molar-refractivity contribution >= 4 is 11.9 Å². The lowest BCUT2D eigenvalue weighted by Crippen LogP contribution is -2.57. The molecule has 0 aromatic carbocycles. The molecule has 1 atom stereocenters. The van der Waals surface area contributed by atoms with E-state index in [0.29, 0.717) is 5.56 Å². The van der Waals surface area contributed by atoms with Gasteiger partial charge in [-0.15, -0.1) is 0 Å². The summed E-state index contributed by atoms with van der Waals surface area (Å²) >= 11 is 0. The number of aromatic nitrogens is 1. The number of carboxylic acid groups (broad SMARTS) is 1. The molecule has 1 fully saturated rings. The van der Waals surface area contributed by atoms with Crippen molar-refractivity contribution in [1.29, 1.82) is 0 Å². The van der Waals surface area contributed by atoms with Gasteiger partial charge >= 0.3 is 5.97 Å². The highest BCUT2D eigenvalue weighted by atomic mass is 16.4. The summed E-state index contributed by atoms with van der Waals surface area (Å²) in [6, 6.07) is 0.109. The predicted molar refractivity (Wildman–Crippen MR) is 110 cm³/mol. The van der Waals surface area contributed by atoms with Gasteiger partial charge in [-0.25, -0.2) is 4.79 Å². The monoisotopic (exact) mass is 390 g/mol. The second-order valence-electron chi connectivity index (χ2n) is 8.51. The first kappa shape index (κ1) is 22.2. The van der Waals surface area contributed by atoms with E-state index >= 15 is 0 Å². The number of carbonyl (C=O) groups is 2. The third-order valence-electron chi connectivity index (χ3n) is 6.57. The first-order valence-corrected chi connectivity index (χ1v) is 10.4. The van der Waals surface area contributed by atoms with E-state index in [1.165, 1.54) is 13.3 Å². The van der Waals surface area contributed by atoms with Gasteiger partial charge in [0.25, 0.3) is 11.5 Å². The Balaban J connectivity index is 2.61. The topological polar surface area (TPSA) is 88.4 Å². The molecule has 1 saturated carbocycles. The standard InChI is InChI=1S/C22H34N2O4/c1-7-17-14(4)15(5)18(19(25)23-22(6,13(2)3)21(27)28)20(26)24(17)16-11-9-8-10-12-16/h13,16H,7-12H2,1-6H3,(H,23,25)(H,27,28). The molecule has 0 spiro atoms. The highest BCUT2D eigenvalue weighted by Gasteiger charge is 2.39. The Morgan fingerprint density at radius 3 is 2.21 bits per heavy atom. The molecule has 2 rings (SSSR count). The van der Waals surface area contributed by atoms with Crippen LogP contribution in [0.5, 0.6) is 0 Å². The second-order valence-corrected chi connectivity index (χ2v) is 8.51. The number of rotatable bonds is 6. The van der Waals surface area contributed by atoms with E-state index in [2.05, 4.69) is 5.32 Å². The molecule has 0 aliphatic heterocycles. The Hall–Kier alpha value is -2.11. The number of hydrogen-bond acceptors (Lipinski definition) is 3. The van der Waals surface area contributed by atoms with Crippen molar-refractivity contribution in [2.45, 2.75) is 91.6 Å². The smallest absolute Gasteiger partial charge is 0.329 e. The van der Waals surface area contributed by atoms with Gasteiger partial charge in [-0.05, 0) is 57.1 Å². The Morgan fingerprint density at radius 2 is 1.75 bits per heavy atom. The molecule has 1 heterocycles. The summed E-state index contributed by atoms with van der Waals surface area (Å²) in [7, 11) is 0. The third-order valence-corrected chi connectivity index (χ3v) is 6.57. The molecule has 1 aromatic heterocycles. The Kier molecular flexibility index (Phi) is 6.73. The van der Waals surface area contributed by atoms with Crippen molar-refractivity contribution in [1.82, 2.24) is 9.88 Å². The Morgan fingerprint density at radius 1 is 1.18 bits per heavy atom. The van der Waals surface area contributed by atoms with E-state index in [4.69, 9.17) is 0 Å². The van der Waals surface area contributed by atoms with Crippen LogP contribution in [0.15, 0.2) is 4.79 Å². The molecular formula is C22H34N2O4. The first-order chi connectivity index (χ1) is 13.1. The van der Waals surface area contributed by atoms with Crippen LogP contribution in [0.1, 0.15) is 93.0 Å². The number of hydrogen-bond donors (Lipinski definition) is 2. The van der Waals surface area contributed by atoms with Crippen molar-refractivity contribution in [3.63, 3.8) is 0 Å². The highest BCUT2D eigenvalue weighted by Crippen LogP contribution is 2.30. The molecular weight excluding hydrogens is 356 g/mol. The number of carboxylic acids is 1. The lowest BCUT2D eigenvalue weighted by molar-refractivity contribution is -0.145. The largest absolute Gasteiger partial charge is 0.480 e. The van der Waals surface area contributed by atoms with Crippen molar-refractivity contribution in [2.75, 3.05) is 0 Å². The molecule has 0 saturated heterocycles. The molecule has 1 aliphatic rings. The fourth-order valence-electron chi connectivity index (χ4n) is 4.16.